The second kappa shape index (κ2) is 5.85. The van der Waals surface area contributed by atoms with Crippen molar-refractivity contribution < 1.29 is 5.11 Å². The molecular weight excluding hydrogens is 234 g/mol. The third-order valence-corrected chi connectivity index (χ3v) is 3.97. The van der Waals surface area contributed by atoms with Crippen LogP contribution >= 0.6 is 12.4 Å². The highest BCUT2D eigenvalue weighted by atomic mass is 35.5. The Bertz CT molecular complexity index is 342. The van der Waals surface area contributed by atoms with Crippen molar-refractivity contribution in [1.82, 2.24) is 0 Å². The van der Waals surface area contributed by atoms with E-state index in [0.29, 0.717) is 6.54 Å². The normalized spacial score (nSPS) is 28.5. The molecule has 0 amide bonds. The van der Waals surface area contributed by atoms with E-state index in [-0.39, 0.29) is 23.9 Å². The van der Waals surface area contributed by atoms with E-state index in [1.807, 2.05) is 0 Å². The number of hydrogen-bond donors (Lipinski definition) is 2. The van der Waals surface area contributed by atoms with Crippen molar-refractivity contribution in [1.29, 1.82) is 0 Å². The molecule has 1 aromatic rings. The number of aliphatic hydroxyl groups is 1. The summed E-state index contributed by atoms with van der Waals surface area (Å²) in [6, 6.07) is 8.69. The van der Waals surface area contributed by atoms with E-state index in [0.717, 1.165) is 25.7 Å². The molecule has 1 aliphatic rings. The van der Waals surface area contributed by atoms with Gasteiger partial charge in [-0.05, 0) is 38.2 Å². The Morgan fingerprint density at radius 1 is 1.24 bits per heavy atom. The molecule has 0 heterocycles. The molecule has 0 bridgehead atoms. The molecule has 2 nitrogen and oxygen atoms in total. The van der Waals surface area contributed by atoms with Crippen LogP contribution in [0.25, 0.3) is 0 Å². The van der Waals surface area contributed by atoms with Gasteiger partial charge in [-0.2, -0.15) is 0 Å². The maximum absolute atomic E-state index is 9.59. The van der Waals surface area contributed by atoms with Gasteiger partial charge in [0.15, 0.2) is 0 Å². The maximum atomic E-state index is 9.59. The second-order valence-electron chi connectivity index (χ2n) is 5.08. The first-order valence-electron chi connectivity index (χ1n) is 6.11. The first-order chi connectivity index (χ1) is 7.66. The van der Waals surface area contributed by atoms with Crippen molar-refractivity contribution in [2.24, 2.45) is 5.73 Å². The molecule has 3 N–H and O–H groups in total. The third-order valence-electron chi connectivity index (χ3n) is 3.97. The molecule has 0 aliphatic heterocycles. The van der Waals surface area contributed by atoms with Gasteiger partial charge in [-0.15, -0.1) is 12.4 Å². The molecule has 0 unspecified atom stereocenters. The Morgan fingerprint density at radius 2 is 1.76 bits per heavy atom. The molecule has 0 atom stereocenters. The average Bonchev–Trinajstić information content (AvgIpc) is 2.32. The predicted octanol–water partition coefficient (Wildman–Crippen LogP) is 2.55. The molecule has 96 valence electrons. The number of aliphatic hydroxyl groups excluding tert-OH is 1. The summed E-state index contributed by atoms with van der Waals surface area (Å²) in [5.74, 6) is 0. The van der Waals surface area contributed by atoms with Crippen LogP contribution in [0.15, 0.2) is 24.3 Å². The summed E-state index contributed by atoms with van der Waals surface area (Å²) in [7, 11) is 0. The minimum atomic E-state index is -0.120. The number of hydrogen-bond acceptors (Lipinski definition) is 2. The number of rotatable bonds is 2. The highest BCUT2D eigenvalue weighted by Crippen LogP contribution is 2.38. The lowest BCUT2D eigenvalue weighted by Gasteiger charge is -2.38. The molecule has 0 spiro atoms. The zero-order chi connectivity index (χ0) is 11.6. The van der Waals surface area contributed by atoms with Gasteiger partial charge in [0.2, 0.25) is 0 Å². The summed E-state index contributed by atoms with van der Waals surface area (Å²) in [5, 5.41) is 9.59. The molecule has 1 aliphatic carbocycles. The number of benzene rings is 1. The summed E-state index contributed by atoms with van der Waals surface area (Å²) in [4.78, 5) is 0. The van der Waals surface area contributed by atoms with E-state index in [4.69, 9.17) is 5.73 Å². The van der Waals surface area contributed by atoms with Crippen LogP contribution in [0.1, 0.15) is 36.8 Å². The SMILES string of the molecule is Cc1ccc(C2(CN)CCC(O)CC2)cc1.Cl. The Balaban J connectivity index is 0.00000144. The van der Waals surface area contributed by atoms with Crippen LogP contribution in [0.5, 0.6) is 0 Å². The summed E-state index contributed by atoms with van der Waals surface area (Å²) >= 11 is 0. The Labute approximate surface area is 110 Å². The monoisotopic (exact) mass is 255 g/mol. The Kier molecular flexibility index (Phi) is 4.99. The van der Waals surface area contributed by atoms with Crippen LogP contribution in [0, 0.1) is 6.92 Å². The molecule has 1 aromatic carbocycles. The standard InChI is InChI=1S/C14H21NO.ClH/c1-11-2-4-12(5-3-11)14(10-15)8-6-13(16)7-9-14;/h2-5,13,16H,6-10,15H2,1H3;1H. The molecule has 0 radical (unpaired) electrons. The van der Waals surface area contributed by atoms with Crippen molar-refractivity contribution in [2.45, 2.75) is 44.1 Å². The van der Waals surface area contributed by atoms with Gasteiger partial charge in [0.05, 0.1) is 6.10 Å². The van der Waals surface area contributed by atoms with E-state index in [9.17, 15) is 5.11 Å². The zero-order valence-electron chi connectivity index (χ0n) is 10.4. The lowest BCUT2D eigenvalue weighted by molar-refractivity contribution is 0.0974. The molecular formula is C14H22ClNO. The molecule has 1 saturated carbocycles. The van der Waals surface area contributed by atoms with Gasteiger partial charge in [0.25, 0.3) is 0 Å². The van der Waals surface area contributed by atoms with Gasteiger partial charge in [0.1, 0.15) is 0 Å². The molecule has 17 heavy (non-hydrogen) atoms. The van der Waals surface area contributed by atoms with E-state index >= 15 is 0 Å². The predicted molar refractivity (Wildman–Crippen MR) is 73.6 cm³/mol. The van der Waals surface area contributed by atoms with Crippen LogP contribution in [-0.4, -0.2) is 17.8 Å². The summed E-state index contributed by atoms with van der Waals surface area (Å²) in [6.07, 6.45) is 3.66. The number of aryl methyl sites for hydroxylation is 1. The molecule has 1 fully saturated rings. The van der Waals surface area contributed by atoms with Crippen LogP contribution in [0.3, 0.4) is 0 Å². The fourth-order valence-corrected chi connectivity index (χ4v) is 2.67. The fraction of sp³-hybridized carbons (Fsp3) is 0.571. The quantitative estimate of drug-likeness (QED) is 0.853. The van der Waals surface area contributed by atoms with Crippen LogP contribution in [0.4, 0.5) is 0 Å². The highest BCUT2D eigenvalue weighted by Gasteiger charge is 2.34. The van der Waals surface area contributed by atoms with Crippen molar-refractivity contribution >= 4 is 12.4 Å². The summed E-state index contributed by atoms with van der Waals surface area (Å²) < 4.78 is 0. The third kappa shape index (κ3) is 3.01. The lowest BCUT2D eigenvalue weighted by atomic mass is 9.68. The summed E-state index contributed by atoms with van der Waals surface area (Å²) in [6.45, 7) is 2.78. The van der Waals surface area contributed by atoms with Gasteiger partial charge >= 0.3 is 0 Å². The van der Waals surface area contributed by atoms with Gasteiger partial charge < -0.3 is 10.8 Å². The largest absolute Gasteiger partial charge is 0.393 e. The van der Waals surface area contributed by atoms with E-state index < -0.39 is 0 Å². The van der Waals surface area contributed by atoms with E-state index in [1.165, 1.54) is 11.1 Å². The Hall–Kier alpha value is -0.570. The number of halogens is 1. The van der Waals surface area contributed by atoms with E-state index in [2.05, 4.69) is 31.2 Å². The molecule has 2 rings (SSSR count). The fourth-order valence-electron chi connectivity index (χ4n) is 2.67. The topological polar surface area (TPSA) is 46.2 Å². The van der Waals surface area contributed by atoms with Crippen molar-refractivity contribution in [3.05, 3.63) is 35.4 Å². The number of nitrogens with two attached hydrogens (primary N) is 1. The smallest absolute Gasteiger partial charge is 0.0541 e. The zero-order valence-corrected chi connectivity index (χ0v) is 11.2. The second-order valence-corrected chi connectivity index (χ2v) is 5.08. The first kappa shape index (κ1) is 14.5. The molecule has 0 saturated heterocycles. The van der Waals surface area contributed by atoms with Gasteiger partial charge in [-0.1, -0.05) is 29.8 Å². The van der Waals surface area contributed by atoms with Gasteiger partial charge in [-0.25, -0.2) is 0 Å². The van der Waals surface area contributed by atoms with Crippen molar-refractivity contribution in [3.8, 4) is 0 Å². The lowest BCUT2D eigenvalue weighted by Crippen LogP contribution is -2.40. The minimum Gasteiger partial charge on any atom is -0.393 e. The van der Waals surface area contributed by atoms with Gasteiger partial charge in [-0.3, -0.25) is 0 Å². The van der Waals surface area contributed by atoms with E-state index in [1.54, 1.807) is 0 Å². The molecule has 0 aromatic heterocycles. The van der Waals surface area contributed by atoms with Crippen LogP contribution in [-0.2, 0) is 5.41 Å². The maximum Gasteiger partial charge on any atom is 0.0541 e. The van der Waals surface area contributed by atoms with Crippen LogP contribution in [0.2, 0.25) is 0 Å². The average molecular weight is 256 g/mol. The highest BCUT2D eigenvalue weighted by molar-refractivity contribution is 5.85. The van der Waals surface area contributed by atoms with Crippen LogP contribution < -0.4 is 5.73 Å². The molecule has 3 heteroatoms. The van der Waals surface area contributed by atoms with Crippen molar-refractivity contribution in [3.63, 3.8) is 0 Å². The van der Waals surface area contributed by atoms with Gasteiger partial charge in [0, 0.05) is 12.0 Å². The first-order valence-corrected chi connectivity index (χ1v) is 6.11. The Morgan fingerprint density at radius 3 is 2.24 bits per heavy atom. The van der Waals surface area contributed by atoms with Crippen molar-refractivity contribution in [2.75, 3.05) is 6.54 Å². The minimum absolute atomic E-state index is 0. The summed E-state index contributed by atoms with van der Waals surface area (Å²) in [5.41, 5.74) is 8.70.